The number of aliphatic hydroxyl groups is 2. The first kappa shape index (κ1) is 9.95. The van der Waals surface area contributed by atoms with Gasteiger partial charge in [-0.3, -0.25) is 4.79 Å². The molecule has 0 fully saturated rings. The summed E-state index contributed by atoms with van der Waals surface area (Å²) in [5, 5.41) is 17.0. The van der Waals surface area contributed by atoms with Crippen molar-refractivity contribution in [1.29, 1.82) is 0 Å². The number of hydrogen-bond acceptors (Lipinski definition) is 4. The van der Waals surface area contributed by atoms with E-state index in [-0.39, 0.29) is 0 Å². The fourth-order valence-electron chi connectivity index (χ4n) is 0.316. The highest BCUT2D eigenvalue weighted by atomic mass is 16.5. The van der Waals surface area contributed by atoms with Crippen LogP contribution in [0, 0.1) is 17.9 Å². The normalized spacial score (nSPS) is 11.7. The highest BCUT2D eigenvalue weighted by Gasteiger charge is 2.20. The number of aliphatic hydroxyl groups excluding tert-OH is 1. The Morgan fingerprint density at radius 3 is 2.45 bits per heavy atom. The largest absolute Gasteiger partial charge is 0.372 e. The number of carbonyl (C=O) groups is 1. The zero-order valence-corrected chi connectivity index (χ0v) is 6.37. The average Bonchev–Trinajstić information content (AvgIpc) is 1.98. The first-order chi connectivity index (χ1) is 5.09. The number of esters is 1. The zero-order valence-electron chi connectivity index (χ0n) is 6.37. The molecule has 1 unspecified atom stereocenters. The van der Waals surface area contributed by atoms with Crippen LogP contribution >= 0.6 is 0 Å². The van der Waals surface area contributed by atoms with Crippen LogP contribution in [0.4, 0.5) is 0 Å². The van der Waals surface area contributed by atoms with Crippen molar-refractivity contribution < 1.29 is 19.7 Å². The summed E-state index contributed by atoms with van der Waals surface area (Å²) in [4.78, 5) is 10.7. The third-order valence-electron chi connectivity index (χ3n) is 1.07. The fraction of sp³-hybridized carbons (Fsp3) is 0.571. The Morgan fingerprint density at radius 2 is 2.09 bits per heavy atom. The van der Waals surface area contributed by atoms with Crippen molar-refractivity contribution in [1.82, 2.24) is 0 Å². The summed E-state index contributed by atoms with van der Waals surface area (Å²) in [6, 6.07) is 0. The van der Waals surface area contributed by atoms with Gasteiger partial charge in [0.1, 0.15) is 12.0 Å². The van der Waals surface area contributed by atoms with E-state index in [0.29, 0.717) is 0 Å². The predicted octanol–water partition coefficient (Wildman–Crippen LogP) is -0.543. The van der Waals surface area contributed by atoms with Gasteiger partial charge in [0.25, 0.3) is 0 Å². The molecular formula is C7H10O4. The van der Waals surface area contributed by atoms with E-state index < -0.39 is 18.2 Å². The minimum absolute atomic E-state index is 0.741. The van der Waals surface area contributed by atoms with Gasteiger partial charge in [0.2, 0.25) is 0 Å². The summed E-state index contributed by atoms with van der Waals surface area (Å²) < 4.78 is 4.29. The fourth-order valence-corrected chi connectivity index (χ4v) is 0.316. The van der Waals surface area contributed by atoms with Crippen molar-refractivity contribution in [3.05, 3.63) is 0 Å². The van der Waals surface area contributed by atoms with Gasteiger partial charge in [-0.15, -0.1) is 0 Å². The smallest absolute Gasteiger partial charge is 0.327 e. The monoisotopic (exact) mass is 158 g/mol. The molecular weight excluding hydrogens is 148 g/mol. The van der Waals surface area contributed by atoms with Gasteiger partial charge in [-0.1, -0.05) is 5.92 Å². The summed E-state index contributed by atoms with van der Waals surface area (Å²) >= 11 is 0. The maximum Gasteiger partial charge on any atom is 0.327 e. The lowest BCUT2D eigenvalue weighted by Gasteiger charge is -2.08. The topological polar surface area (TPSA) is 66.8 Å². The molecule has 62 valence electrons. The molecule has 4 heteroatoms. The maximum atomic E-state index is 10.7. The molecule has 11 heavy (non-hydrogen) atoms. The third kappa shape index (κ3) is 3.61. The zero-order chi connectivity index (χ0) is 8.85. The van der Waals surface area contributed by atoms with Crippen molar-refractivity contribution in [2.75, 3.05) is 0 Å². The lowest BCUT2D eigenvalue weighted by Crippen LogP contribution is -2.25. The second kappa shape index (κ2) is 4.72. The Balaban J connectivity index is 3.90. The van der Waals surface area contributed by atoms with Crippen LogP contribution in [0.5, 0.6) is 0 Å². The molecule has 0 bridgehead atoms. The second-order valence-corrected chi connectivity index (χ2v) is 1.98. The van der Waals surface area contributed by atoms with Gasteiger partial charge >= 0.3 is 5.97 Å². The number of rotatable bonds is 2. The Hall–Kier alpha value is -1.05. The first-order valence-corrected chi connectivity index (χ1v) is 3.08. The van der Waals surface area contributed by atoms with Gasteiger partial charge in [0.05, 0.1) is 0 Å². The molecule has 0 radical (unpaired) electrons. The Morgan fingerprint density at radius 1 is 1.55 bits per heavy atom. The van der Waals surface area contributed by atoms with Crippen LogP contribution in [0.1, 0.15) is 13.8 Å². The molecule has 0 aliphatic rings. The van der Waals surface area contributed by atoms with E-state index in [1.54, 1.807) is 0 Å². The molecule has 0 saturated heterocycles. The maximum absolute atomic E-state index is 10.7. The van der Waals surface area contributed by atoms with Crippen molar-refractivity contribution in [3.8, 4) is 12.0 Å². The Kier molecular flexibility index (Phi) is 4.27. The number of hydrogen-bond donors (Lipinski definition) is 2. The summed E-state index contributed by atoms with van der Waals surface area (Å²) in [6.45, 7) is 2.84. The lowest BCUT2D eigenvalue weighted by molar-refractivity contribution is -0.156. The lowest BCUT2D eigenvalue weighted by atomic mass is 10.2. The summed E-state index contributed by atoms with van der Waals surface area (Å²) in [7, 11) is 0. The molecule has 2 N–H and O–H groups in total. The predicted molar refractivity (Wildman–Crippen MR) is 36.9 cm³/mol. The summed E-state index contributed by atoms with van der Waals surface area (Å²) in [6.07, 6.45) is 0.369. The Labute approximate surface area is 64.8 Å². The minimum Gasteiger partial charge on any atom is -0.372 e. The molecule has 0 spiro atoms. The van der Waals surface area contributed by atoms with Crippen LogP contribution in [0.3, 0.4) is 0 Å². The Bertz CT molecular complexity index is 186. The molecule has 0 aromatic heterocycles. The van der Waals surface area contributed by atoms with E-state index in [1.807, 2.05) is 0 Å². The van der Waals surface area contributed by atoms with Crippen LogP contribution < -0.4 is 0 Å². The number of carbonyl (C=O) groups excluding carboxylic acids is 1. The van der Waals surface area contributed by atoms with Crippen LogP contribution in [-0.4, -0.2) is 22.5 Å². The van der Waals surface area contributed by atoms with E-state index in [9.17, 15) is 4.79 Å². The van der Waals surface area contributed by atoms with E-state index in [0.717, 1.165) is 0 Å². The van der Waals surface area contributed by atoms with Crippen LogP contribution in [0.2, 0.25) is 0 Å². The van der Waals surface area contributed by atoms with Crippen molar-refractivity contribution in [2.24, 2.45) is 5.92 Å². The molecule has 0 aliphatic carbocycles. The standard InChI is InChI=1S/C7H10O4/c1-3-4-11-7(10)5(2)6(8)9/h5-6,8-9H,1-2H3. The SMILES string of the molecule is CC#COC(=O)C(C)C(O)O. The van der Waals surface area contributed by atoms with Gasteiger partial charge < -0.3 is 14.9 Å². The summed E-state index contributed by atoms with van der Waals surface area (Å²) in [5.41, 5.74) is 0. The van der Waals surface area contributed by atoms with Crippen molar-refractivity contribution >= 4 is 5.97 Å². The van der Waals surface area contributed by atoms with Gasteiger partial charge in [0.15, 0.2) is 6.29 Å². The molecule has 1 atom stereocenters. The molecule has 0 aromatic rings. The van der Waals surface area contributed by atoms with Crippen LogP contribution in [0.15, 0.2) is 0 Å². The van der Waals surface area contributed by atoms with Gasteiger partial charge in [-0.05, 0) is 6.92 Å². The molecule has 0 aromatic carbocycles. The van der Waals surface area contributed by atoms with Gasteiger partial charge in [0, 0.05) is 6.92 Å². The highest BCUT2D eigenvalue weighted by Crippen LogP contribution is 2.01. The van der Waals surface area contributed by atoms with E-state index in [2.05, 4.69) is 16.8 Å². The minimum atomic E-state index is -1.69. The molecule has 0 amide bonds. The summed E-state index contributed by atoms with van der Waals surface area (Å²) in [5.74, 6) is 0.633. The highest BCUT2D eigenvalue weighted by molar-refractivity contribution is 5.73. The van der Waals surface area contributed by atoms with Gasteiger partial charge in [-0.25, -0.2) is 0 Å². The van der Waals surface area contributed by atoms with E-state index in [1.165, 1.54) is 13.8 Å². The van der Waals surface area contributed by atoms with E-state index in [4.69, 9.17) is 10.2 Å². The van der Waals surface area contributed by atoms with Crippen molar-refractivity contribution in [2.45, 2.75) is 20.1 Å². The van der Waals surface area contributed by atoms with Crippen LogP contribution in [0.25, 0.3) is 0 Å². The number of ether oxygens (including phenoxy) is 1. The van der Waals surface area contributed by atoms with Gasteiger partial charge in [-0.2, -0.15) is 0 Å². The van der Waals surface area contributed by atoms with Crippen LogP contribution in [-0.2, 0) is 9.53 Å². The van der Waals surface area contributed by atoms with E-state index >= 15 is 0 Å². The first-order valence-electron chi connectivity index (χ1n) is 3.08. The molecule has 0 saturated carbocycles. The quantitative estimate of drug-likeness (QED) is 0.321. The average molecular weight is 158 g/mol. The second-order valence-electron chi connectivity index (χ2n) is 1.98. The molecule has 0 aliphatic heterocycles. The molecule has 4 nitrogen and oxygen atoms in total. The van der Waals surface area contributed by atoms with Crippen molar-refractivity contribution in [3.63, 3.8) is 0 Å². The third-order valence-corrected chi connectivity index (χ3v) is 1.07. The molecule has 0 heterocycles. The molecule has 0 rings (SSSR count).